The third-order valence-electron chi connectivity index (χ3n) is 3.56. The standard InChI is InChI=1S/C16H18N4O5S/c1-3-14(11-4-6-12(25-2)7-5-11)18-19-15-9-8-13(26(17,23)24)10-16(15)20(21)22/h4-10,19H,3H2,1-2H3,(H2,17,23,24)/b18-14-. The van der Waals surface area contributed by atoms with Crippen molar-refractivity contribution in [3.63, 3.8) is 0 Å². The summed E-state index contributed by atoms with van der Waals surface area (Å²) in [7, 11) is -2.48. The number of hydrazone groups is 1. The van der Waals surface area contributed by atoms with Gasteiger partial charge in [0.05, 0.1) is 22.6 Å². The smallest absolute Gasteiger partial charge is 0.295 e. The number of hydrogen-bond donors (Lipinski definition) is 2. The van der Waals surface area contributed by atoms with E-state index in [4.69, 9.17) is 9.88 Å². The molecule has 0 radical (unpaired) electrons. The van der Waals surface area contributed by atoms with Gasteiger partial charge in [0, 0.05) is 6.07 Å². The van der Waals surface area contributed by atoms with Gasteiger partial charge in [-0.05, 0) is 48.4 Å². The van der Waals surface area contributed by atoms with Gasteiger partial charge < -0.3 is 4.74 Å². The lowest BCUT2D eigenvalue weighted by molar-refractivity contribution is -0.384. The number of nitrogens with two attached hydrogens (primary N) is 1. The van der Waals surface area contributed by atoms with Gasteiger partial charge >= 0.3 is 0 Å². The third-order valence-corrected chi connectivity index (χ3v) is 4.47. The van der Waals surface area contributed by atoms with Gasteiger partial charge in [-0.15, -0.1) is 0 Å². The summed E-state index contributed by atoms with van der Waals surface area (Å²) in [5.41, 5.74) is 3.74. The Morgan fingerprint density at radius 2 is 1.92 bits per heavy atom. The summed E-state index contributed by atoms with van der Waals surface area (Å²) in [6.07, 6.45) is 0.572. The molecule has 0 fully saturated rings. The minimum atomic E-state index is -4.04. The van der Waals surface area contributed by atoms with Gasteiger partial charge in [0.15, 0.2) is 0 Å². The topological polar surface area (TPSA) is 137 Å². The maximum atomic E-state index is 11.4. The van der Waals surface area contributed by atoms with Crippen LogP contribution in [0.25, 0.3) is 0 Å². The van der Waals surface area contributed by atoms with Crippen molar-refractivity contribution >= 4 is 27.1 Å². The van der Waals surface area contributed by atoms with E-state index in [0.29, 0.717) is 17.9 Å². The summed E-state index contributed by atoms with van der Waals surface area (Å²) >= 11 is 0. The second-order valence-corrected chi connectivity index (χ2v) is 6.79. The molecule has 0 spiro atoms. The average molecular weight is 378 g/mol. The van der Waals surface area contributed by atoms with Crippen molar-refractivity contribution in [2.45, 2.75) is 18.2 Å². The molecule has 0 aromatic heterocycles. The van der Waals surface area contributed by atoms with Gasteiger partial charge in [0.2, 0.25) is 10.0 Å². The van der Waals surface area contributed by atoms with Gasteiger partial charge in [-0.1, -0.05) is 6.92 Å². The minimum Gasteiger partial charge on any atom is -0.497 e. The van der Waals surface area contributed by atoms with Gasteiger partial charge in [-0.25, -0.2) is 13.6 Å². The number of sulfonamides is 1. The van der Waals surface area contributed by atoms with E-state index in [-0.39, 0.29) is 10.6 Å². The number of hydrogen-bond acceptors (Lipinski definition) is 7. The van der Waals surface area contributed by atoms with E-state index in [1.54, 1.807) is 19.2 Å². The Morgan fingerprint density at radius 3 is 2.42 bits per heavy atom. The first-order valence-electron chi connectivity index (χ1n) is 7.54. The molecule has 9 nitrogen and oxygen atoms in total. The number of benzene rings is 2. The Bertz CT molecular complexity index is 940. The van der Waals surface area contributed by atoms with Gasteiger partial charge in [0.1, 0.15) is 11.4 Å². The predicted octanol–water partition coefficient (Wildman–Crippen LogP) is 2.48. The average Bonchev–Trinajstić information content (AvgIpc) is 2.61. The molecular formula is C16H18N4O5S. The van der Waals surface area contributed by atoms with Crippen LogP contribution in [0.2, 0.25) is 0 Å². The molecule has 0 aliphatic carbocycles. The Labute approximate surface area is 150 Å². The molecule has 2 aromatic carbocycles. The fourth-order valence-corrected chi connectivity index (χ4v) is 2.73. The number of nitro benzene ring substituents is 1. The van der Waals surface area contributed by atoms with Crippen LogP contribution >= 0.6 is 0 Å². The van der Waals surface area contributed by atoms with E-state index >= 15 is 0 Å². The highest BCUT2D eigenvalue weighted by Crippen LogP contribution is 2.27. The van der Waals surface area contributed by atoms with Crippen LogP contribution in [0.1, 0.15) is 18.9 Å². The number of primary sulfonamides is 1. The molecule has 26 heavy (non-hydrogen) atoms. The number of anilines is 1. The van der Waals surface area contributed by atoms with Crippen LogP contribution in [0.4, 0.5) is 11.4 Å². The summed E-state index contributed by atoms with van der Waals surface area (Å²) in [6, 6.07) is 10.5. The molecule has 0 saturated heterocycles. The van der Waals surface area contributed by atoms with E-state index in [1.165, 1.54) is 12.1 Å². The number of nitrogens with one attached hydrogen (secondary N) is 1. The van der Waals surface area contributed by atoms with Crippen molar-refractivity contribution in [1.82, 2.24) is 0 Å². The quantitative estimate of drug-likeness (QED) is 0.431. The second kappa shape index (κ2) is 7.93. The van der Waals surface area contributed by atoms with Crippen molar-refractivity contribution in [3.05, 3.63) is 58.1 Å². The Morgan fingerprint density at radius 1 is 1.27 bits per heavy atom. The Hall–Kier alpha value is -2.98. The number of ether oxygens (including phenoxy) is 1. The molecule has 0 aliphatic heterocycles. The van der Waals surface area contributed by atoms with Crippen LogP contribution in [-0.4, -0.2) is 26.2 Å². The van der Waals surface area contributed by atoms with Crippen LogP contribution in [0.15, 0.2) is 52.5 Å². The molecule has 0 atom stereocenters. The van der Waals surface area contributed by atoms with Gasteiger partial charge in [0.25, 0.3) is 5.69 Å². The lowest BCUT2D eigenvalue weighted by Gasteiger charge is -2.08. The third kappa shape index (κ3) is 4.55. The molecular weight excluding hydrogens is 360 g/mol. The first kappa shape index (κ1) is 19.3. The van der Waals surface area contributed by atoms with Crippen molar-refractivity contribution in [3.8, 4) is 5.75 Å². The van der Waals surface area contributed by atoms with Gasteiger partial charge in [-0.2, -0.15) is 5.10 Å². The lowest BCUT2D eigenvalue weighted by atomic mass is 10.1. The number of rotatable bonds is 7. The summed E-state index contributed by atoms with van der Waals surface area (Å²) in [6.45, 7) is 1.89. The van der Waals surface area contributed by atoms with E-state index in [0.717, 1.165) is 11.6 Å². The Balaban J connectivity index is 2.36. The zero-order chi connectivity index (χ0) is 19.3. The second-order valence-electron chi connectivity index (χ2n) is 5.23. The fourth-order valence-electron chi connectivity index (χ4n) is 2.19. The van der Waals surface area contributed by atoms with Crippen LogP contribution in [0.3, 0.4) is 0 Å². The van der Waals surface area contributed by atoms with E-state index in [1.807, 2.05) is 19.1 Å². The molecule has 138 valence electrons. The van der Waals surface area contributed by atoms with Crippen molar-refractivity contribution in [2.75, 3.05) is 12.5 Å². The molecule has 0 saturated carbocycles. The zero-order valence-electron chi connectivity index (χ0n) is 14.2. The van der Waals surface area contributed by atoms with Crippen LogP contribution in [-0.2, 0) is 10.0 Å². The number of nitro groups is 1. The molecule has 0 unspecified atom stereocenters. The molecule has 0 amide bonds. The van der Waals surface area contributed by atoms with Crippen LogP contribution in [0.5, 0.6) is 5.75 Å². The maximum Gasteiger partial charge on any atom is 0.295 e. The van der Waals surface area contributed by atoms with Crippen molar-refractivity contribution < 1.29 is 18.1 Å². The molecule has 10 heteroatoms. The van der Waals surface area contributed by atoms with Crippen LogP contribution < -0.4 is 15.3 Å². The lowest BCUT2D eigenvalue weighted by Crippen LogP contribution is -2.12. The zero-order valence-corrected chi connectivity index (χ0v) is 15.0. The summed E-state index contributed by atoms with van der Waals surface area (Å²) in [4.78, 5) is 10.2. The van der Waals surface area contributed by atoms with Crippen molar-refractivity contribution in [2.24, 2.45) is 10.2 Å². The van der Waals surface area contributed by atoms with E-state index in [2.05, 4.69) is 10.5 Å². The SMILES string of the molecule is CC/C(=N/Nc1ccc(S(N)(=O)=O)cc1[N+](=O)[O-])c1ccc(OC)cc1. The summed E-state index contributed by atoms with van der Waals surface area (Å²) in [5, 5.41) is 20.4. The molecule has 2 rings (SSSR count). The molecule has 2 aromatic rings. The minimum absolute atomic E-state index is 0.0573. The highest BCUT2D eigenvalue weighted by molar-refractivity contribution is 7.89. The summed E-state index contributed by atoms with van der Waals surface area (Å²) < 4.78 is 27.8. The van der Waals surface area contributed by atoms with Gasteiger partial charge in [-0.3, -0.25) is 15.5 Å². The highest BCUT2D eigenvalue weighted by atomic mass is 32.2. The predicted molar refractivity (Wildman–Crippen MR) is 97.9 cm³/mol. The van der Waals surface area contributed by atoms with E-state index < -0.39 is 20.6 Å². The molecule has 0 heterocycles. The summed E-state index contributed by atoms with van der Waals surface area (Å²) in [5.74, 6) is 0.700. The van der Waals surface area contributed by atoms with Crippen LogP contribution in [0, 0.1) is 10.1 Å². The monoisotopic (exact) mass is 378 g/mol. The molecule has 0 aliphatic rings. The maximum absolute atomic E-state index is 11.4. The number of methoxy groups -OCH3 is 1. The molecule has 0 bridgehead atoms. The molecule has 3 N–H and O–H groups in total. The van der Waals surface area contributed by atoms with Crippen molar-refractivity contribution in [1.29, 1.82) is 0 Å². The normalized spacial score (nSPS) is 11.9. The number of nitrogens with zero attached hydrogens (tertiary/aromatic N) is 2. The first-order chi connectivity index (χ1) is 12.3. The highest BCUT2D eigenvalue weighted by Gasteiger charge is 2.19. The Kier molecular flexibility index (Phi) is 5.90. The van der Waals surface area contributed by atoms with E-state index in [9.17, 15) is 18.5 Å². The largest absolute Gasteiger partial charge is 0.497 e. The fraction of sp³-hybridized carbons (Fsp3) is 0.188. The first-order valence-corrected chi connectivity index (χ1v) is 9.09.